The van der Waals surface area contributed by atoms with Gasteiger partial charge in [-0.25, -0.2) is 9.97 Å². The highest BCUT2D eigenvalue weighted by Crippen LogP contribution is 2.29. The Morgan fingerprint density at radius 1 is 1.28 bits per heavy atom. The number of allylic oxidation sites excluding steroid dienone is 2. The van der Waals surface area contributed by atoms with Crippen molar-refractivity contribution in [3.63, 3.8) is 0 Å². The maximum atomic E-state index is 8.07. The second kappa shape index (κ2) is 11.1. The van der Waals surface area contributed by atoms with Crippen LogP contribution >= 0.6 is 0 Å². The lowest BCUT2D eigenvalue weighted by molar-refractivity contribution is 0.328. The van der Waals surface area contributed by atoms with Crippen molar-refractivity contribution < 1.29 is 4.74 Å². The summed E-state index contributed by atoms with van der Waals surface area (Å²) in [5, 5.41) is 11.6. The fourth-order valence-corrected chi connectivity index (χ4v) is 2.96. The van der Waals surface area contributed by atoms with Crippen LogP contribution in [0.4, 0.5) is 5.69 Å². The molecule has 154 valence electrons. The molecule has 2 N–H and O–H groups in total. The lowest BCUT2D eigenvalue weighted by atomic mass is 10.1. The van der Waals surface area contributed by atoms with Crippen molar-refractivity contribution in [1.29, 1.82) is 5.41 Å². The Morgan fingerprint density at radius 3 is 2.72 bits per heavy atom. The van der Waals surface area contributed by atoms with E-state index < -0.39 is 0 Å². The molecule has 5 heteroatoms. The quantitative estimate of drug-likeness (QED) is 0.361. The summed E-state index contributed by atoms with van der Waals surface area (Å²) in [4.78, 5) is 8.99. The minimum absolute atomic E-state index is 0.417. The monoisotopic (exact) mass is 392 g/mol. The van der Waals surface area contributed by atoms with Crippen LogP contribution in [0.25, 0.3) is 11.3 Å². The third-order valence-electron chi connectivity index (χ3n) is 4.31. The van der Waals surface area contributed by atoms with Crippen molar-refractivity contribution in [2.24, 2.45) is 0 Å². The van der Waals surface area contributed by atoms with Gasteiger partial charge < -0.3 is 15.5 Å². The molecule has 0 fully saturated rings. The summed E-state index contributed by atoms with van der Waals surface area (Å²) in [6.07, 6.45) is 7.07. The fraction of sp³-hybridized carbons (Fsp3) is 0.375. The van der Waals surface area contributed by atoms with Gasteiger partial charge in [0, 0.05) is 18.4 Å². The molecule has 0 atom stereocenters. The summed E-state index contributed by atoms with van der Waals surface area (Å²) in [6, 6.07) is 7.72. The molecule has 2 aromatic rings. The van der Waals surface area contributed by atoms with E-state index in [0.29, 0.717) is 23.9 Å². The number of ether oxygens (including phenoxy) is 1. The van der Waals surface area contributed by atoms with Gasteiger partial charge in [0.15, 0.2) is 0 Å². The highest BCUT2D eigenvalue weighted by Gasteiger charge is 2.12. The van der Waals surface area contributed by atoms with Crippen molar-refractivity contribution >= 4 is 11.4 Å². The summed E-state index contributed by atoms with van der Waals surface area (Å²) < 4.78 is 5.67. The van der Waals surface area contributed by atoms with E-state index in [9.17, 15) is 0 Å². The number of hydrogen-bond donors (Lipinski definition) is 2. The predicted octanol–water partition coefficient (Wildman–Crippen LogP) is 6.03. The molecule has 0 unspecified atom stereocenters. The van der Waals surface area contributed by atoms with Gasteiger partial charge in [0.05, 0.1) is 29.3 Å². The van der Waals surface area contributed by atoms with Crippen LogP contribution in [0, 0.1) is 5.41 Å². The highest BCUT2D eigenvalue weighted by molar-refractivity contribution is 5.96. The van der Waals surface area contributed by atoms with Gasteiger partial charge in [0.2, 0.25) is 5.88 Å². The summed E-state index contributed by atoms with van der Waals surface area (Å²) >= 11 is 0. The smallest absolute Gasteiger partial charge is 0.222 e. The van der Waals surface area contributed by atoms with Crippen LogP contribution < -0.4 is 10.1 Å². The van der Waals surface area contributed by atoms with E-state index in [1.54, 1.807) is 13.1 Å². The van der Waals surface area contributed by atoms with Crippen LogP contribution in [0.3, 0.4) is 0 Å². The molecule has 0 radical (unpaired) electrons. The van der Waals surface area contributed by atoms with Gasteiger partial charge in [-0.05, 0) is 57.9 Å². The SMILES string of the molecule is C=C(C)C/C(=C\CCC)CNc1cc(C(C)=N)nc(-c2cccnc2OCC)c1. The van der Waals surface area contributed by atoms with Gasteiger partial charge in [-0.15, -0.1) is 0 Å². The molecule has 0 aliphatic heterocycles. The first-order chi connectivity index (χ1) is 13.9. The Bertz CT molecular complexity index is 886. The maximum absolute atomic E-state index is 8.07. The molecular formula is C24H32N4O. The van der Waals surface area contributed by atoms with Crippen molar-refractivity contribution in [2.75, 3.05) is 18.5 Å². The van der Waals surface area contributed by atoms with Gasteiger partial charge in [-0.3, -0.25) is 0 Å². The molecule has 2 rings (SSSR count). The molecule has 0 aromatic carbocycles. The Morgan fingerprint density at radius 2 is 2.07 bits per heavy atom. The molecule has 5 nitrogen and oxygen atoms in total. The molecule has 0 saturated heterocycles. The number of rotatable bonds is 11. The molecule has 2 aromatic heterocycles. The molecule has 0 aliphatic carbocycles. The summed E-state index contributed by atoms with van der Waals surface area (Å²) in [6.45, 7) is 13.2. The summed E-state index contributed by atoms with van der Waals surface area (Å²) in [5.74, 6) is 0.555. The van der Waals surface area contributed by atoms with Crippen molar-refractivity contribution in [3.05, 3.63) is 60.0 Å². The zero-order chi connectivity index (χ0) is 21.2. The molecule has 0 saturated carbocycles. The van der Waals surface area contributed by atoms with Crippen molar-refractivity contribution in [2.45, 2.75) is 47.0 Å². The number of hydrogen-bond acceptors (Lipinski definition) is 5. The van der Waals surface area contributed by atoms with Gasteiger partial charge >= 0.3 is 0 Å². The molecule has 0 bridgehead atoms. The molecule has 2 heterocycles. The van der Waals surface area contributed by atoms with Crippen LogP contribution in [0.15, 0.2) is 54.3 Å². The Kier molecular flexibility index (Phi) is 8.59. The number of nitrogens with zero attached hydrogens (tertiary/aromatic N) is 2. The number of aromatic nitrogens is 2. The molecular weight excluding hydrogens is 360 g/mol. The van der Waals surface area contributed by atoms with E-state index >= 15 is 0 Å². The molecule has 0 aliphatic rings. The number of anilines is 1. The Balaban J connectivity index is 2.36. The minimum Gasteiger partial charge on any atom is -0.477 e. The standard InChI is InChI=1S/C24H32N4O/c1-6-8-10-19(13-17(3)4)16-27-20-14-22(18(5)25)28-23(15-20)21-11-9-12-26-24(21)29-7-2/h9-12,14-15,25H,3,6-8,13,16H2,1-2,4-5H3,(H,27,28)/b19-10+,25-18?. The van der Waals surface area contributed by atoms with E-state index in [-0.39, 0.29) is 0 Å². The van der Waals surface area contributed by atoms with Crippen molar-refractivity contribution in [3.8, 4) is 17.1 Å². The predicted molar refractivity (Wildman–Crippen MR) is 122 cm³/mol. The first-order valence-electron chi connectivity index (χ1n) is 10.2. The molecule has 29 heavy (non-hydrogen) atoms. The Labute approximate surface area is 174 Å². The van der Waals surface area contributed by atoms with Crippen LogP contribution in [0.1, 0.15) is 52.7 Å². The highest BCUT2D eigenvalue weighted by atomic mass is 16.5. The minimum atomic E-state index is 0.417. The zero-order valence-corrected chi connectivity index (χ0v) is 18.0. The van der Waals surface area contributed by atoms with Gasteiger partial charge in [0.25, 0.3) is 0 Å². The summed E-state index contributed by atoms with van der Waals surface area (Å²) in [7, 11) is 0. The van der Waals surface area contributed by atoms with Crippen LogP contribution in [-0.2, 0) is 0 Å². The second-order valence-corrected chi connectivity index (χ2v) is 7.18. The lowest BCUT2D eigenvalue weighted by Gasteiger charge is -2.14. The van der Waals surface area contributed by atoms with Crippen LogP contribution in [0.5, 0.6) is 5.88 Å². The van der Waals surface area contributed by atoms with Gasteiger partial charge in [-0.2, -0.15) is 0 Å². The van der Waals surface area contributed by atoms with E-state index in [4.69, 9.17) is 10.1 Å². The average Bonchev–Trinajstić information content (AvgIpc) is 2.70. The molecule has 0 spiro atoms. The third kappa shape index (κ3) is 6.86. The number of pyridine rings is 2. The Hall–Kier alpha value is -2.95. The molecule has 0 amide bonds. The first-order valence-corrected chi connectivity index (χ1v) is 10.2. The largest absolute Gasteiger partial charge is 0.477 e. The van der Waals surface area contributed by atoms with E-state index in [0.717, 1.165) is 48.3 Å². The average molecular weight is 393 g/mol. The third-order valence-corrected chi connectivity index (χ3v) is 4.31. The fourth-order valence-electron chi connectivity index (χ4n) is 2.96. The lowest BCUT2D eigenvalue weighted by Crippen LogP contribution is -2.08. The van der Waals surface area contributed by atoms with Gasteiger partial charge in [-0.1, -0.05) is 37.1 Å². The second-order valence-electron chi connectivity index (χ2n) is 7.18. The number of unbranched alkanes of at least 4 members (excludes halogenated alkanes) is 1. The van der Waals surface area contributed by atoms with Gasteiger partial charge in [0.1, 0.15) is 0 Å². The summed E-state index contributed by atoms with van der Waals surface area (Å²) in [5.41, 5.74) is 6.01. The van der Waals surface area contributed by atoms with E-state index in [2.05, 4.69) is 41.8 Å². The number of nitrogens with one attached hydrogen (secondary N) is 2. The maximum Gasteiger partial charge on any atom is 0.222 e. The van der Waals surface area contributed by atoms with E-state index in [1.807, 2.05) is 31.2 Å². The van der Waals surface area contributed by atoms with Crippen LogP contribution in [0.2, 0.25) is 0 Å². The van der Waals surface area contributed by atoms with Crippen LogP contribution in [-0.4, -0.2) is 28.8 Å². The van der Waals surface area contributed by atoms with E-state index in [1.165, 1.54) is 5.57 Å². The zero-order valence-electron chi connectivity index (χ0n) is 18.0. The topological polar surface area (TPSA) is 70.9 Å². The first kappa shape index (κ1) is 22.3. The van der Waals surface area contributed by atoms with Crippen molar-refractivity contribution in [1.82, 2.24) is 9.97 Å². The normalized spacial score (nSPS) is 11.2.